The van der Waals surface area contributed by atoms with Crippen molar-refractivity contribution in [3.8, 4) is 6.07 Å². The first-order valence-electron chi connectivity index (χ1n) is 6.21. The quantitative estimate of drug-likeness (QED) is 0.831. The van der Waals surface area contributed by atoms with Gasteiger partial charge in [-0.15, -0.1) is 0 Å². The summed E-state index contributed by atoms with van der Waals surface area (Å²) >= 11 is 0. The van der Waals surface area contributed by atoms with Gasteiger partial charge in [-0.25, -0.2) is 18.1 Å². The van der Waals surface area contributed by atoms with Crippen LogP contribution in [0.1, 0.15) is 24.8 Å². The molecule has 1 atom stereocenters. The standard InChI is InChI=1S/C12H16N4O2S/c13-8-10-4-3-7-15-12(10)19(17,18)16-9-11-5-1-2-6-14-11/h3-4,7,11,14,16H,1-2,5-6,9H2/t11-/m0/s1. The van der Waals surface area contributed by atoms with Crippen molar-refractivity contribution in [2.45, 2.75) is 30.3 Å². The fraction of sp³-hybridized carbons (Fsp3) is 0.500. The number of rotatable bonds is 4. The van der Waals surface area contributed by atoms with Gasteiger partial charge in [-0.1, -0.05) is 6.42 Å². The van der Waals surface area contributed by atoms with Crippen molar-refractivity contribution in [3.63, 3.8) is 0 Å². The summed E-state index contributed by atoms with van der Waals surface area (Å²) in [7, 11) is -3.73. The summed E-state index contributed by atoms with van der Waals surface area (Å²) in [5.74, 6) is 0. The van der Waals surface area contributed by atoms with E-state index in [1.807, 2.05) is 6.07 Å². The highest BCUT2D eigenvalue weighted by Crippen LogP contribution is 2.12. The molecule has 0 bridgehead atoms. The highest BCUT2D eigenvalue weighted by molar-refractivity contribution is 7.89. The van der Waals surface area contributed by atoms with Crippen molar-refractivity contribution in [3.05, 3.63) is 23.9 Å². The molecular weight excluding hydrogens is 264 g/mol. The maximum absolute atomic E-state index is 12.1. The van der Waals surface area contributed by atoms with Gasteiger partial charge < -0.3 is 5.32 Å². The van der Waals surface area contributed by atoms with Crippen molar-refractivity contribution >= 4 is 10.0 Å². The molecule has 1 saturated heterocycles. The van der Waals surface area contributed by atoms with Crippen LogP contribution in [0.2, 0.25) is 0 Å². The monoisotopic (exact) mass is 280 g/mol. The molecule has 1 aliphatic heterocycles. The fourth-order valence-electron chi connectivity index (χ4n) is 2.07. The molecule has 0 aliphatic carbocycles. The first kappa shape index (κ1) is 13.9. The van der Waals surface area contributed by atoms with Crippen molar-refractivity contribution in [2.75, 3.05) is 13.1 Å². The molecule has 0 spiro atoms. The Morgan fingerprint density at radius 3 is 3.05 bits per heavy atom. The second kappa shape index (κ2) is 6.10. The van der Waals surface area contributed by atoms with E-state index in [0.717, 1.165) is 25.8 Å². The highest BCUT2D eigenvalue weighted by atomic mass is 32.2. The third-order valence-electron chi connectivity index (χ3n) is 3.08. The molecule has 1 aliphatic rings. The maximum Gasteiger partial charge on any atom is 0.259 e. The van der Waals surface area contributed by atoms with E-state index in [2.05, 4.69) is 15.0 Å². The zero-order valence-electron chi connectivity index (χ0n) is 10.5. The van der Waals surface area contributed by atoms with Crippen LogP contribution in [0.25, 0.3) is 0 Å². The third kappa shape index (κ3) is 3.50. The van der Waals surface area contributed by atoms with Crippen LogP contribution < -0.4 is 10.0 Å². The van der Waals surface area contributed by atoms with Crippen LogP contribution >= 0.6 is 0 Å². The van der Waals surface area contributed by atoms with Gasteiger partial charge in [-0.3, -0.25) is 0 Å². The average molecular weight is 280 g/mol. The Bertz CT molecular complexity index is 574. The van der Waals surface area contributed by atoms with E-state index < -0.39 is 10.0 Å². The van der Waals surface area contributed by atoms with Gasteiger partial charge in [-0.2, -0.15) is 5.26 Å². The summed E-state index contributed by atoms with van der Waals surface area (Å²) in [5.41, 5.74) is 0.0617. The van der Waals surface area contributed by atoms with Crippen LogP contribution in [-0.4, -0.2) is 32.5 Å². The van der Waals surface area contributed by atoms with E-state index in [1.54, 1.807) is 6.07 Å². The molecule has 2 heterocycles. The Morgan fingerprint density at radius 2 is 2.37 bits per heavy atom. The number of sulfonamides is 1. The van der Waals surface area contributed by atoms with E-state index in [1.165, 1.54) is 12.3 Å². The molecule has 2 rings (SSSR count). The topological polar surface area (TPSA) is 94.9 Å². The second-order valence-electron chi connectivity index (χ2n) is 4.47. The van der Waals surface area contributed by atoms with Crippen molar-refractivity contribution in [1.82, 2.24) is 15.0 Å². The van der Waals surface area contributed by atoms with Gasteiger partial charge in [0.05, 0.1) is 5.56 Å². The van der Waals surface area contributed by atoms with Gasteiger partial charge in [0.2, 0.25) is 0 Å². The number of hydrogen-bond donors (Lipinski definition) is 2. The summed E-state index contributed by atoms with van der Waals surface area (Å²) in [6, 6.07) is 4.98. The summed E-state index contributed by atoms with van der Waals surface area (Å²) in [4.78, 5) is 3.79. The van der Waals surface area contributed by atoms with Crippen LogP contribution in [0.15, 0.2) is 23.4 Å². The van der Waals surface area contributed by atoms with Gasteiger partial charge in [-0.05, 0) is 31.5 Å². The minimum atomic E-state index is -3.73. The minimum absolute atomic E-state index is 0.0617. The van der Waals surface area contributed by atoms with Crippen molar-refractivity contribution in [2.24, 2.45) is 0 Å². The van der Waals surface area contributed by atoms with E-state index in [9.17, 15) is 8.42 Å². The fourth-order valence-corrected chi connectivity index (χ4v) is 3.23. The van der Waals surface area contributed by atoms with E-state index >= 15 is 0 Å². The molecule has 0 saturated carbocycles. The average Bonchev–Trinajstić information content (AvgIpc) is 2.46. The molecule has 1 fully saturated rings. The van der Waals surface area contributed by atoms with Gasteiger partial charge in [0, 0.05) is 18.8 Å². The Kier molecular flexibility index (Phi) is 4.47. The number of nitrogens with one attached hydrogen (secondary N) is 2. The Balaban J connectivity index is 2.07. The highest BCUT2D eigenvalue weighted by Gasteiger charge is 2.22. The molecule has 2 N–H and O–H groups in total. The lowest BCUT2D eigenvalue weighted by molar-refractivity contribution is 0.398. The lowest BCUT2D eigenvalue weighted by Gasteiger charge is -2.23. The van der Waals surface area contributed by atoms with Gasteiger partial charge in [0.15, 0.2) is 5.03 Å². The number of nitrogens with zero attached hydrogens (tertiary/aromatic N) is 2. The third-order valence-corrected chi connectivity index (χ3v) is 4.46. The minimum Gasteiger partial charge on any atom is -0.313 e. The molecule has 1 aromatic heterocycles. The normalized spacial score (nSPS) is 19.8. The van der Waals surface area contributed by atoms with Crippen LogP contribution in [-0.2, 0) is 10.0 Å². The first-order valence-corrected chi connectivity index (χ1v) is 7.70. The van der Waals surface area contributed by atoms with Crippen LogP contribution in [0, 0.1) is 11.3 Å². The van der Waals surface area contributed by atoms with Crippen molar-refractivity contribution < 1.29 is 8.42 Å². The number of hydrogen-bond acceptors (Lipinski definition) is 5. The molecule has 7 heteroatoms. The molecule has 6 nitrogen and oxygen atoms in total. The summed E-state index contributed by atoms with van der Waals surface area (Å²) in [6.07, 6.45) is 4.55. The predicted octanol–water partition coefficient (Wildman–Crippen LogP) is 0.374. The Labute approximate surface area is 112 Å². The lowest BCUT2D eigenvalue weighted by Crippen LogP contribution is -2.43. The van der Waals surface area contributed by atoms with Crippen LogP contribution in [0.3, 0.4) is 0 Å². The SMILES string of the molecule is N#Cc1cccnc1S(=O)(=O)NC[C@@H]1CCCCN1. The Morgan fingerprint density at radius 1 is 1.53 bits per heavy atom. The molecule has 0 unspecified atom stereocenters. The molecule has 0 amide bonds. The molecular formula is C12H16N4O2S. The molecule has 0 radical (unpaired) electrons. The van der Waals surface area contributed by atoms with Crippen molar-refractivity contribution in [1.29, 1.82) is 5.26 Å². The largest absolute Gasteiger partial charge is 0.313 e. The van der Waals surface area contributed by atoms with E-state index in [4.69, 9.17) is 5.26 Å². The zero-order chi connectivity index (χ0) is 13.7. The van der Waals surface area contributed by atoms with Crippen LogP contribution in [0.4, 0.5) is 0 Å². The number of nitriles is 1. The zero-order valence-corrected chi connectivity index (χ0v) is 11.3. The first-order chi connectivity index (χ1) is 9.13. The molecule has 102 valence electrons. The predicted molar refractivity (Wildman–Crippen MR) is 69.8 cm³/mol. The number of aromatic nitrogens is 1. The maximum atomic E-state index is 12.1. The smallest absolute Gasteiger partial charge is 0.259 e. The lowest BCUT2D eigenvalue weighted by atomic mass is 10.1. The number of pyridine rings is 1. The van der Waals surface area contributed by atoms with Gasteiger partial charge in [0.1, 0.15) is 6.07 Å². The molecule has 19 heavy (non-hydrogen) atoms. The van der Waals surface area contributed by atoms with Crippen LogP contribution in [0.5, 0.6) is 0 Å². The van der Waals surface area contributed by atoms with E-state index in [-0.39, 0.29) is 16.6 Å². The second-order valence-corrected chi connectivity index (χ2v) is 6.15. The molecule has 0 aromatic carbocycles. The van der Waals surface area contributed by atoms with E-state index in [0.29, 0.717) is 6.54 Å². The Hall–Kier alpha value is -1.49. The summed E-state index contributed by atoms with van der Waals surface area (Å²) < 4.78 is 26.7. The summed E-state index contributed by atoms with van der Waals surface area (Å²) in [6.45, 7) is 1.24. The molecule has 1 aromatic rings. The van der Waals surface area contributed by atoms with Gasteiger partial charge >= 0.3 is 0 Å². The summed E-state index contributed by atoms with van der Waals surface area (Å²) in [5, 5.41) is 12.0. The van der Waals surface area contributed by atoms with Gasteiger partial charge in [0.25, 0.3) is 10.0 Å². The number of piperidine rings is 1.